The molecule has 0 aliphatic rings. The van der Waals surface area contributed by atoms with Gasteiger partial charge in [0.15, 0.2) is 0 Å². The van der Waals surface area contributed by atoms with Crippen LogP contribution in [0.2, 0.25) is 10.0 Å². The third kappa shape index (κ3) is 5.62. The standard InChI is InChI=1S/C24H22Cl2N2O2/c1-17(29)28(16-18-11-13-21(25)14-12-18)23(19-7-3-2-4-8-19)24(30)27-15-20-9-5-6-10-22(20)26/h2-14,23H,15-16H2,1H3,(H,27,30)/t23-/m0/s1. The Morgan fingerprint density at radius 2 is 1.53 bits per heavy atom. The minimum Gasteiger partial charge on any atom is -0.350 e. The van der Waals surface area contributed by atoms with Crippen LogP contribution in [0.25, 0.3) is 0 Å². The highest BCUT2D eigenvalue weighted by Crippen LogP contribution is 2.25. The summed E-state index contributed by atoms with van der Waals surface area (Å²) in [4.78, 5) is 27.4. The van der Waals surface area contributed by atoms with E-state index in [-0.39, 0.29) is 24.9 Å². The molecule has 2 amide bonds. The summed E-state index contributed by atoms with van der Waals surface area (Å²) in [6, 6.07) is 23.1. The summed E-state index contributed by atoms with van der Waals surface area (Å²) in [5.41, 5.74) is 2.43. The lowest BCUT2D eigenvalue weighted by Gasteiger charge is -2.30. The van der Waals surface area contributed by atoms with E-state index in [2.05, 4.69) is 5.32 Å². The number of carbonyl (C=O) groups excluding carboxylic acids is 2. The Labute approximate surface area is 186 Å². The van der Waals surface area contributed by atoms with Crippen molar-refractivity contribution in [1.82, 2.24) is 10.2 Å². The van der Waals surface area contributed by atoms with Gasteiger partial charge in [-0.1, -0.05) is 83.9 Å². The van der Waals surface area contributed by atoms with E-state index in [1.54, 1.807) is 23.1 Å². The normalized spacial score (nSPS) is 11.6. The van der Waals surface area contributed by atoms with Gasteiger partial charge in [-0.15, -0.1) is 0 Å². The number of hydrogen-bond donors (Lipinski definition) is 1. The van der Waals surface area contributed by atoms with E-state index in [1.165, 1.54) is 6.92 Å². The molecule has 0 aromatic heterocycles. The zero-order chi connectivity index (χ0) is 21.5. The number of nitrogens with one attached hydrogen (secondary N) is 1. The minimum absolute atomic E-state index is 0.202. The van der Waals surface area contributed by atoms with E-state index in [0.29, 0.717) is 10.0 Å². The van der Waals surface area contributed by atoms with Gasteiger partial charge < -0.3 is 10.2 Å². The van der Waals surface area contributed by atoms with Gasteiger partial charge in [-0.2, -0.15) is 0 Å². The summed E-state index contributed by atoms with van der Waals surface area (Å²) in [5, 5.41) is 4.13. The molecule has 0 aliphatic heterocycles. The maximum Gasteiger partial charge on any atom is 0.247 e. The van der Waals surface area contributed by atoms with Crippen LogP contribution < -0.4 is 5.32 Å². The number of benzene rings is 3. The summed E-state index contributed by atoms with van der Waals surface area (Å²) in [6.07, 6.45) is 0. The van der Waals surface area contributed by atoms with Gasteiger partial charge in [0.1, 0.15) is 6.04 Å². The Hall–Kier alpha value is -2.82. The van der Waals surface area contributed by atoms with Gasteiger partial charge in [0, 0.05) is 30.1 Å². The van der Waals surface area contributed by atoms with Crippen molar-refractivity contribution in [3.8, 4) is 0 Å². The number of carbonyl (C=O) groups is 2. The van der Waals surface area contributed by atoms with Crippen LogP contribution in [0, 0.1) is 0 Å². The Kier molecular flexibility index (Phi) is 7.50. The largest absolute Gasteiger partial charge is 0.350 e. The first kappa shape index (κ1) is 21.9. The second-order valence-corrected chi connectivity index (χ2v) is 7.74. The van der Waals surface area contributed by atoms with Crippen LogP contribution in [-0.2, 0) is 22.7 Å². The summed E-state index contributed by atoms with van der Waals surface area (Å²) in [7, 11) is 0. The Bertz CT molecular complexity index is 1010. The molecule has 154 valence electrons. The molecule has 0 aliphatic carbocycles. The van der Waals surface area contributed by atoms with Crippen LogP contribution >= 0.6 is 23.2 Å². The molecule has 4 nitrogen and oxygen atoms in total. The summed E-state index contributed by atoms with van der Waals surface area (Å²) < 4.78 is 0. The van der Waals surface area contributed by atoms with Crippen molar-refractivity contribution in [2.24, 2.45) is 0 Å². The molecule has 0 unspecified atom stereocenters. The fourth-order valence-corrected chi connectivity index (χ4v) is 3.53. The van der Waals surface area contributed by atoms with Crippen LogP contribution in [-0.4, -0.2) is 16.7 Å². The smallest absolute Gasteiger partial charge is 0.247 e. The Balaban J connectivity index is 1.88. The number of amides is 2. The number of hydrogen-bond acceptors (Lipinski definition) is 2. The van der Waals surface area contributed by atoms with Crippen molar-refractivity contribution in [2.45, 2.75) is 26.1 Å². The molecule has 0 heterocycles. The first-order valence-corrected chi connectivity index (χ1v) is 10.3. The molecule has 0 fully saturated rings. The maximum absolute atomic E-state index is 13.2. The second kappa shape index (κ2) is 10.3. The van der Waals surface area contributed by atoms with Crippen molar-refractivity contribution in [3.63, 3.8) is 0 Å². The van der Waals surface area contributed by atoms with Crippen molar-refractivity contribution in [3.05, 3.63) is 106 Å². The molecule has 3 aromatic carbocycles. The molecule has 0 saturated carbocycles. The zero-order valence-corrected chi connectivity index (χ0v) is 18.0. The fraction of sp³-hybridized carbons (Fsp3) is 0.167. The van der Waals surface area contributed by atoms with Gasteiger partial charge >= 0.3 is 0 Å². The topological polar surface area (TPSA) is 49.4 Å². The monoisotopic (exact) mass is 440 g/mol. The van der Waals surface area contributed by atoms with Crippen molar-refractivity contribution < 1.29 is 9.59 Å². The van der Waals surface area contributed by atoms with Gasteiger partial charge in [-0.05, 0) is 34.9 Å². The predicted octanol–water partition coefficient (Wildman–Crippen LogP) is 5.40. The highest BCUT2D eigenvalue weighted by atomic mass is 35.5. The molecule has 30 heavy (non-hydrogen) atoms. The van der Waals surface area contributed by atoms with E-state index in [4.69, 9.17) is 23.2 Å². The first-order chi connectivity index (χ1) is 14.5. The van der Waals surface area contributed by atoms with Gasteiger partial charge in [-0.3, -0.25) is 9.59 Å². The van der Waals surface area contributed by atoms with Crippen LogP contribution in [0.3, 0.4) is 0 Å². The third-order valence-electron chi connectivity index (χ3n) is 4.76. The molecular weight excluding hydrogens is 419 g/mol. The molecule has 3 rings (SSSR count). The summed E-state index contributed by atoms with van der Waals surface area (Å²) in [5.74, 6) is -0.475. The van der Waals surface area contributed by atoms with Gasteiger partial charge in [0.25, 0.3) is 0 Å². The predicted molar refractivity (Wildman–Crippen MR) is 120 cm³/mol. The molecule has 3 aromatic rings. The maximum atomic E-state index is 13.2. The summed E-state index contributed by atoms with van der Waals surface area (Å²) >= 11 is 12.2. The first-order valence-electron chi connectivity index (χ1n) is 9.53. The molecule has 6 heteroatoms. The van der Waals surface area contributed by atoms with E-state index in [0.717, 1.165) is 16.7 Å². The fourth-order valence-electron chi connectivity index (χ4n) is 3.20. The van der Waals surface area contributed by atoms with Gasteiger partial charge in [0.2, 0.25) is 11.8 Å². The van der Waals surface area contributed by atoms with Crippen LogP contribution in [0.1, 0.15) is 29.7 Å². The summed E-state index contributed by atoms with van der Waals surface area (Å²) in [6.45, 7) is 2.02. The van der Waals surface area contributed by atoms with E-state index in [1.807, 2.05) is 60.7 Å². The van der Waals surface area contributed by atoms with Crippen LogP contribution in [0.4, 0.5) is 0 Å². The van der Waals surface area contributed by atoms with Crippen molar-refractivity contribution >= 4 is 35.0 Å². The molecular formula is C24H22Cl2N2O2. The zero-order valence-electron chi connectivity index (χ0n) is 16.5. The van der Waals surface area contributed by atoms with Gasteiger partial charge in [-0.25, -0.2) is 0 Å². The molecule has 1 atom stereocenters. The Morgan fingerprint density at radius 3 is 2.17 bits per heavy atom. The SMILES string of the molecule is CC(=O)N(Cc1ccc(Cl)cc1)[C@H](C(=O)NCc1ccccc1Cl)c1ccccc1. The second-order valence-electron chi connectivity index (χ2n) is 6.90. The lowest BCUT2D eigenvalue weighted by atomic mass is 10.0. The molecule has 0 spiro atoms. The van der Waals surface area contributed by atoms with Crippen LogP contribution in [0.5, 0.6) is 0 Å². The van der Waals surface area contributed by atoms with E-state index < -0.39 is 6.04 Å². The molecule has 0 bridgehead atoms. The number of halogens is 2. The Morgan fingerprint density at radius 1 is 0.900 bits per heavy atom. The highest BCUT2D eigenvalue weighted by molar-refractivity contribution is 6.31. The lowest BCUT2D eigenvalue weighted by molar-refractivity contribution is -0.140. The number of nitrogens with zero attached hydrogens (tertiary/aromatic N) is 1. The molecule has 0 radical (unpaired) electrons. The number of rotatable bonds is 7. The van der Waals surface area contributed by atoms with Crippen molar-refractivity contribution in [2.75, 3.05) is 0 Å². The minimum atomic E-state index is -0.776. The van der Waals surface area contributed by atoms with Crippen molar-refractivity contribution in [1.29, 1.82) is 0 Å². The van der Waals surface area contributed by atoms with Gasteiger partial charge in [0.05, 0.1) is 0 Å². The lowest BCUT2D eigenvalue weighted by Crippen LogP contribution is -2.42. The highest BCUT2D eigenvalue weighted by Gasteiger charge is 2.29. The van der Waals surface area contributed by atoms with E-state index >= 15 is 0 Å². The third-order valence-corrected chi connectivity index (χ3v) is 5.38. The quantitative estimate of drug-likeness (QED) is 0.534. The molecule has 0 saturated heterocycles. The average molecular weight is 441 g/mol. The average Bonchev–Trinajstić information content (AvgIpc) is 2.75. The molecule has 1 N–H and O–H groups in total. The van der Waals surface area contributed by atoms with E-state index in [9.17, 15) is 9.59 Å². The van der Waals surface area contributed by atoms with Crippen LogP contribution in [0.15, 0.2) is 78.9 Å².